The van der Waals surface area contributed by atoms with E-state index in [4.69, 9.17) is 18.6 Å². The van der Waals surface area contributed by atoms with Gasteiger partial charge in [0.25, 0.3) is 0 Å². The van der Waals surface area contributed by atoms with Crippen LogP contribution in [0.3, 0.4) is 0 Å². The summed E-state index contributed by atoms with van der Waals surface area (Å²) in [6.07, 6.45) is 6.09. The highest BCUT2D eigenvalue weighted by Crippen LogP contribution is 2.49. The van der Waals surface area contributed by atoms with Crippen LogP contribution in [0.15, 0.2) is 71.4 Å². The number of furan rings is 1. The molecule has 1 fully saturated rings. The molecule has 0 radical (unpaired) electrons. The second kappa shape index (κ2) is 16.0. The Balaban J connectivity index is 0.000000239. The average molecular weight is 675 g/mol. The van der Waals surface area contributed by atoms with Crippen LogP contribution in [0.1, 0.15) is 44.9 Å². The normalized spacial score (nSPS) is 14.1. The molecule has 12 heteroatoms. The van der Waals surface area contributed by atoms with Crippen molar-refractivity contribution in [2.75, 3.05) is 42.5 Å². The second-order valence-electron chi connectivity index (χ2n) is 11.4. The van der Waals surface area contributed by atoms with Gasteiger partial charge in [0, 0.05) is 50.6 Å². The number of carbonyl (C=O) groups excluding carboxylic acids is 2. The average Bonchev–Trinajstić information content (AvgIpc) is 3.50. The van der Waals surface area contributed by atoms with Crippen molar-refractivity contribution in [3.63, 3.8) is 0 Å². The van der Waals surface area contributed by atoms with Gasteiger partial charge in [-0.15, -0.1) is 0 Å². The van der Waals surface area contributed by atoms with Crippen LogP contribution in [0, 0.1) is 18.6 Å². The fourth-order valence-corrected chi connectivity index (χ4v) is 5.80. The van der Waals surface area contributed by atoms with Gasteiger partial charge in [0.05, 0.1) is 29.2 Å². The second-order valence-corrected chi connectivity index (χ2v) is 11.4. The molecule has 3 aromatic carbocycles. The van der Waals surface area contributed by atoms with Crippen LogP contribution in [0.5, 0.6) is 5.75 Å². The van der Waals surface area contributed by atoms with E-state index in [1.54, 1.807) is 51.7 Å². The van der Waals surface area contributed by atoms with E-state index in [0.29, 0.717) is 47.9 Å². The zero-order chi connectivity index (χ0) is 35.8. The Bertz CT molecular complexity index is 1890. The van der Waals surface area contributed by atoms with Crippen molar-refractivity contribution in [2.45, 2.75) is 31.1 Å². The molecule has 0 spiro atoms. The first-order valence-electron chi connectivity index (χ1n) is 15.4. The lowest BCUT2D eigenvalue weighted by atomic mass is 9.70. The number of nitrogens with one attached hydrogen (secondary N) is 2. The number of hydrogen-bond donors (Lipinski definition) is 2. The number of benzene rings is 3. The van der Waals surface area contributed by atoms with E-state index < -0.39 is 17.4 Å². The maximum Gasteiger partial charge on any atom is 0.171 e. The molecule has 0 amide bonds. The first-order valence-corrected chi connectivity index (χ1v) is 15.4. The molecule has 49 heavy (non-hydrogen) atoms. The summed E-state index contributed by atoms with van der Waals surface area (Å²) in [5.74, 6) is -0.224. The van der Waals surface area contributed by atoms with E-state index in [0.717, 1.165) is 5.82 Å². The van der Waals surface area contributed by atoms with Gasteiger partial charge in [0.15, 0.2) is 18.4 Å². The van der Waals surface area contributed by atoms with Crippen molar-refractivity contribution >= 4 is 23.5 Å². The Morgan fingerprint density at radius 2 is 1.51 bits per heavy atom. The number of nitrogens with zero attached hydrogens (tertiary/aromatic N) is 2. The lowest BCUT2D eigenvalue weighted by Crippen LogP contribution is -2.63. The van der Waals surface area contributed by atoms with Gasteiger partial charge in [-0.3, -0.25) is 9.59 Å². The minimum absolute atomic E-state index is 0.0321. The molecule has 0 atom stereocenters. The predicted molar refractivity (Wildman–Crippen MR) is 183 cm³/mol. The molecule has 6 rings (SSSR count). The summed E-state index contributed by atoms with van der Waals surface area (Å²) in [7, 11) is 10.4. The molecule has 258 valence electrons. The van der Waals surface area contributed by atoms with Crippen molar-refractivity contribution < 1.29 is 37.0 Å². The third-order valence-electron chi connectivity index (χ3n) is 8.41. The summed E-state index contributed by atoms with van der Waals surface area (Å²) in [6, 6.07) is 13.5. The lowest BCUT2D eigenvalue weighted by Gasteiger charge is -2.52. The summed E-state index contributed by atoms with van der Waals surface area (Å²) < 4.78 is 50.5. The van der Waals surface area contributed by atoms with E-state index in [1.807, 2.05) is 27.2 Å². The molecular weight excluding hydrogens is 634 g/mol. The summed E-state index contributed by atoms with van der Waals surface area (Å²) in [4.78, 5) is 31.8. The van der Waals surface area contributed by atoms with Crippen LogP contribution in [-0.4, -0.2) is 70.8 Å². The molecule has 1 aliphatic carbocycles. The monoisotopic (exact) mass is 674 g/mol. The van der Waals surface area contributed by atoms with E-state index in [-0.39, 0.29) is 39.0 Å². The van der Waals surface area contributed by atoms with E-state index in [2.05, 4.69) is 20.6 Å². The van der Waals surface area contributed by atoms with Crippen LogP contribution >= 0.6 is 0 Å². The van der Waals surface area contributed by atoms with Gasteiger partial charge in [-0.25, -0.2) is 18.7 Å². The van der Waals surface area contributed by atoms with Crippen LogP contribution in [0.25, 0.3) is 33.4 Å². The first-order chi connectivity index (χ1) is 23.6. The molecule has 1 saturated carbocycles. The van der Waals surface area contributed by atoms with Gasteiger partial charge in [0.1, 0.15) is 34.6 Å². The standard InChI is InChI=1S/C24H16F2O4.C11H17N3O2.C2H7N/c1-13-9-21(29-2)15(11-27)10-18(13)17-7-8-20-22(23(17)26)19(12-28)24(30-20)14-3-5-16(25)6-4-14;1-12-10(9-13-5-4-6-14-9)7-11(8-10,15-2)16-3;1-3-2/h3-12H,1-2H3;4-6,12H,7-8H2,1-3H3;3H,1-2H3. The minimum Gasteiger partial charge on any atom is -0.496 e. The molecular formula is C37H40F2N4O6. The van der Waals surface area contributed by atoms with Gasteiger partial charge in [-0.2, -0.15) is 0 Å². The van der Waals surface area contributed by atoms with Crippen molar-refractivity contribution in [2.24, 2.45) is 0 Å². The maximum absolute atomic E-state index is 15.6. The smallest absolute Gasteiger partial charge is 0.171 e. The Morgan fingerprint density at radius 3 is 2.04 bits per heavy atom. The molecule has 1 aliphatic rings. The van der Waals surface area contributed by atoms with Crippen molar-refractivity contribution in [1.29, 1.82) is 0 Å². The lowest BCUT2D eigenvalue weighted by molar-refractivity contribution is -0.284. The van der Waals surface area contributed by atoms with E-state index >= 15 is 4.39 Å². The Hall–Kier alpha value is -4.88. The molecule has 0 saturated heterocycles. The summed E-state index contributed by atoms with van der Waals surface area (Å²) in [6.45, 7) is 1.77. The van der Waals surface area contributed by atoms with E-state index in [9.17, 15) is 14.0 Å². The van der Waals surface area contributed by atoms with Gasteiger partial charge in [-0.05, 0) is 93.8 Å². The highest BCUT2D eigenvalue weighted by atomic mass is 19.1. The number of methoxy groups -OCH3 is 3. The number of rotatable bonds is 9. The first kappa shape index (κ1) is 36.9. The molecule has 0 bridgehead atoms. The van der Waals surface area contributed by atoms with Crippen LogP contribution in [-0.2, 0) is 15.0 Å². The molecule has 10 nitrogen and oxygen atoms in total. The SMILES string of the molecule is CNC.CNC1(c2ncccn2)CC(OC)(OC)C1.COc1cc(C)c(-c2ccc3oc(-c4ccc(F)cc4)c(C=O)c3c2F)cc1C=O. The quantitative estimate of drug-likeness (QED) is 0.132. The zero-order valence-corrected chi connectivity index (χ0v) is 28.5. The summed E-state index contributed by atoms with van der Waals surface area (Å²) >= 11 is 0. The van der Waals surface area contributed by atoms with E-state index in [1.165, 1.54) is 37.4 Å². The van der Waals surface area contributed by atoms with Crippen molar-refractivity contribution in [3.8, 4) is 28.2 Å². The zero-order valence-electron chi connectivity index (χ0n) is 28.5. The number of aromatic nitrogens is 2. The molecule has 2 aromatic heterocycles. The van der Waals surface area contributed by atoms with Crippen molar-refractivity contribution in [3.05, 3.63) is 101 Å². The van der Waals surface area contributed by atoms with Gasteiger partial charge < -0.3 is 29.3 Å². The highest BCUT2D eigenvalue weighted by molar-refractivity contribution is 6.04. The minimum atomic E-state index is -0.642. The topological polar surface area (TPSA) is 125 Å². The van der Waals surface area contributed by atoms with Crippen molar-refractivity contribution in [1.82, 2.24) is 20.6 Å². The maximum atomic E-state index is 15.6. The largest absolute Gasteiger partial charge is 0.496 e. The van der Waals surface area contributed by atoms with Crippen LogP contribution < -0.4 is 15.4 Å². The molecule has 2 heterocycles. The number of halogens is 2. The number of hydrogen-bond acceptors (Lipinski definition) is 10. The number of ether oxygens (including phenoxy) is 3. The summed E-state index contributed by atoms with van der Waals surface area (Å²) in [5.41, 5.74) is 2.17. The Labute approximate surface area is 283 Å². The molecule has 0 aliphatic heterocycles. The molecule has 5 aromatic rings. The number of fused-ring (bicyclic) bond motifs is 1. The Morgan fingerprint density at radius 1 is 0.878 bits per heavy atom. The molecule has 2 N–H and O–H groups in total. The van der Waals surface area contributed by atoms with Gasteiger partial charge >= 0.3 is 0 Å². The van der Waals surface area contributed by atoms with Gasteiger partial charge in [0.2, 0.25) is 0 Å². The third kappa shape index (κ3) is 7.42. The Kier molecular flexibility index (Phi) is 12.1. The van der Waals surface area contributed by atoms with Crippen LogP contribution in [0.2, 0.25) is 0 Å². The summed E-state index contributed by atoms with van der Waals surface area (Å²) in [5, 5.41) is 6.05. The van der Waals surface area contributed by atoms with Gasteiger partial charge in [-0.1, -0.05) is 0 Å². The third-order valence-corrected chi connectivity index (χ3v) is 8.41. The number of carbonyl (C=O) groups is 2. The van der Waals surface area contributed by atoms with Crippen LogP contribution in [0.4, 0.5) is 8.78 Å². The number of aldehydes is 2. The molecule has 0 unspecified atom stereocenters. The number of aryl methyl sites for hydroxylation is 1. The predicted octanol–water partition coefficient (Wildman–Crippen LogP) is 6.50. The fraction of sp³-hybridized carbons (Fsp3) is 0.297. The fourth-order valence-electron chi connectivity index (χ4n) is 5.80. The highest BCUT2D eigenvalue weighted by Gasteiger charge is 2.57.